The van der Waals surface area contributed by atoms with Gasteiger partial charge in [-0.25, -0.2) is 0 Å². The number of ether oxygens (including phenoxy) is 2. The summed E-state index contributed by atoms with van der Waals surface area (Å²) in [6, 6.07) is 0. The largest absolute Gasteiger partial charge is 0.756 e. The predicted octanol–water partition coefficient (Wildman–Crippen LogP) is 12.5. The first-order chi connectivity index (χ1) is 27.0. The fourth-order valence-electron chi connectivity index (χ4n) is 6.29. The summed E-state index contributed by atoms with van der Waals surface area (Å²) in [6.45, 7) is 4.22. The second-order valence-corrected chi connectivity index (χ2v) is 18.2. The Morgan fingerprint density at radius 2 is 0.911 bits per heavy atom. The van der Waals surface area contributed by atoms with Gasteiger partial charge in [0, 0.05) is 12.8 Å². The molecule has 0 saturated carbocycles. The molecule has 0 aliphatic carbocycles. The van der Waals surface area contributed by atoms with Gasteiger partial charge in [-0.2, -0.15) is 0 Å². The Kier molecular flexibility index (Phi) is 37.9. The van der Waals surface area contributed by atoms with Gasteiger partial charge in [0.25, 0.3) is 7.82 Å². The summed E-state index contributed by atoms with van der Waals surface area (Å²) in [5.41, 5.74) is 0. The minimum atomic E-state index is -4.63. The smallest absolute Gasteiger partial charge is 0.306 e. The van der Waals surface area contributed by atoms with E-state index in [1.165, 1.54) is 109 Å². The number of hydrogen-bond donors (Lipinski definition) is 0. The van der Waals surface area contributed by atoms with Crippen molar-refractivity contribution in [3.8, 4) is 0 Å². The van der Waals surface area contributed by atoms with Crippen molar-refractivity contribution >= 4 is 19.8 Å². The molecule has 0 aromatic heterocycles. The van der Waals surface area contributed by atoms with Gasteiger partial charge in [0.05, 0.1) is 27.7 Å². The van der Waals surface area contributed by atoms with Crippen LogP contribution in [0.15, 0.2) is 24.3 Å². The molecule has 0 bridgehead atoms. The Bertz CT molecular complexity index is 1010. The van der Waals surface area contributed by atoms with Gasteiger partial charge in [0.15, 0.2) is 6.10 Å². The van der Waals surface area contributed by atoms with Crippen molar-refractivity contribution in [3.05, 3.63) is 24.3 Å². The average Bonchev–Trinajstić information content (AvgIpc) is 3.15. The monoisotopic (exact) mass is 814 g/mol. The summed E-state index contributed by atoms with van der Waals surface area (Å²) in [6.07, 6.45) is 42.0. The van der Waals surface area contributed by atoms with E-state index in [0.717, 1.165) is 64.2 Å². The molecule has 0 aliphatic heterocycles. The minimum Gasteiger partial charge on any atom is -0.756 e. The normalized spacial score (nSPS) is 13.8. The molecule has 10 heteroatoms. The van der Waals surface area contributed by atoms with Crippen molar-refractivity contribution in [2.24, 2.45) is 0 Å². The number of hydrogen-bond acceptors (Lipinski definition) is 8. The second-order valence-electron chi connectivity index (χ2n) is 16.8. The van der Waals surface area contributed by atoms with Crippen molar-refractivity contribution in [2.45, 2.75) is 213 Å². The third kappa shape index (κ3) is 42.1. The molecule has 0 fully saturated rings. The third-order valence-corrected chi connectivity index (χ3v) is 10.9. The zero-order chi connectivity index (χ0) is 41.4. The van der Waals surface area contributed by atoms with Crippen LogP contribution in [0, 0.1) is 0 Å². The van der Waals surface area contributed by atoms with Crippen LogP contribution in [0.4, 0.5) is 0 Å². The quantitative estimate of drug-likeness (QED) is 0.0197. The van der Waals surface area contributed by atoms with Gasteiger partial charge in [0.2, 0.25) is 0 Å². The van der Waals surface area contributed by atoms with Crippen molar-refractivity contribution in [2.75, 3.05) is 47.5 Å². The van der Waals surface area contributed by atoms with Crippen LogP contribution >= 0.6 is 7.82 Å². The van der Waals surface area contributed by atoms with E-state index in [0.29, 0.717) is 17.4 Å². The Balaban J connectivity index is 4.33. The highest BCUT2D eigenvalue weighted by Gasteiger charge is 2.21. The SMILES string of the molecule is CCCCCCCC/C=C\CCCCCCCCCC(=O)OC[C@H](COP(=O)([O-])OCC[N+](C)(C)C)OC(=O)CCCCCCC/C=C\CCCCCCCC. The van der Waals surface area contributed by atoms with Crippen molar-refractivity contribution in [1.82, 2.24) is 0 Å². The lowest BCUT2D eigenvalue weighted by Crippen LogP contribution is -2.37. The van der Waals surface area contributed by atoms with E-state index >= 15 is 0 Å². The average molecular weight is 814 g/mol. The van der Waals surface area contributed by atoms with Gasteiger partial charge in [-0.05, 0) is 64.2 Å². The molecule has 330 valence electrons. The van der Waals surface area contributed by atoms with E-state index in [2.05, 4.69) is 38.2 Å². The van der Waals surface area contributed by atoms with Gasteiger partial charge in [-0.15, -0.1) is 0 Å². The number of rotatable bonds is 42. The Morgan fingerprint density at radius 3 is 1.32 bits per heavy atom. The first-order valence-corrected chi connectivity index (χ1v) is 24.5. The van der Waals surface area contributed by atoms with Gasteiger partial charge < -0.3 is 27.9 Å². The first kappa shape index (κ1) is 54.5. The van der Waals surface area contributed by atoms with Gasteiger partial charge in [-0.1, -0.05) is 154 Å². The van der Waals surface area contributed by atoms with Gasteiger partial charge >= 0.3 is 11.9 Å². The van der Waals surface area contributed by atoms with Crippen LogP contribution in [0.5, 0.6) is 0 Å². The van der Waals surface area contributed by atoms with E-state index in [1.54, 1.807) is 0 Å². The lowest BCUT2D eigenvalue weighted by atomic mass is 10.1. The Labute approximate surface area is 345 Å². The van der Waals surface area contributed by atoms with Crippen molar-refractivity contribution in [3.63, 3.8) is 0 Å². The number of quaternary nitrogens is 1. The molecule has 0 heterocycles. The van der Waals surface area contributed by atoms with Gasteiger partial charge in [0.1, 0.15) is 19.8 Å². The predicted molar refractivity (Wildman–Crippen MR) is 231 cm³/mol. The van der Waals surface area contributed by atoms with Crippen LogP contribution < -0.4 is 4.89 Å². The Morgan fingerprint density at radius 1 is 0.536 bits per heavy atom. The molecule has 0 aromatic carbocycles. The molecular weight excluding hydrogens is 725 g/mol. The summed E-state index contributed by atoms with van der Waals surface area (Å²) in [5.74, 6) is -0.844. The molecule has 0 spiro atoms. The number of unbranched alkanes of at least 4 members (excludes halogenated alkanes) is 24. The fourth-order valence-corrected chi connectivity index (χ4v) is 7.02. The van der Waals surface area contributed by atoms with Crippen LogP contribution in [0.3, 0.4) is 0 Å². The van der Waals surface area contributed by atoms with Crippen LogP contribution in [-0.2, 0) is 32.7 Å². The summed E-state index contributed by atoms with van der Waals surface area (Å²) >= 11 is 0. The van der Waals surface area contributed by atoms with Crippen LogP contribution in [0.1, 0.15) is 206 Å². The highest BCUT2D eigenvalue weighted by Crippen LogP contribution is 2.38. The lowest BCUT2D eigenvalue weighted by molar-refractivity contribution is -0.870. The number of nitrogens with zero attached hydrogens (tertiary/aromatic N) is 1. The number of phosphoric acid groups is 1. The maximum absolute atomic E-state index is 12.7. The van der Waals surface area contributed by atoms with E-state index in [9.17, 15) is 19.0 Å². The number of carbonyl (C=O) groups excluding carboxylic acids is 2. The maximum atomic E-state index is 12.7. The van der Waals surface area contributed by atoms with E-state index in [4.69, 9.17) is 18.5 Å². The molecule has 1 unspecified atom stereocenters. The van der Waals surface area contributed by atoms with E-state index in [-0.39, 0.29) is 32.0 Å². The highest BCUT2D eigenvalue weighted by molar-refractivity contribution is 7.45. The van der Waals surface area contributed by atoms with Crippen molar-refractivity contribution < 1.29 is 42.1 Å². The van der Waals surface area contributed by atoms with E-state index in [1.807, 2.05) is 21.1 Å². The maximum Gasteiger partial charge on any atom is 0.306 e. The lowest BCUT2D eigenvalue weighted by Gasteiger charge is -2.28. The molecule has 0 radical (unpaired) electrons. The fraction of sp³-hybridized carbons (Fsp3) is 0.870. The molecule has 2 atom stereocenters. The molecule has 9 nitrogen and oxygen atoms in total. The van der Waals surface area contributed by atoms with Crippen LogP contribution in [-0.4, -0.2) is 70.0 Å². The standard InChI is InChI=1S/C46H88NO8P/c1-6-8-10-12-14-16-18-20-22-23-25-26-28-30-32-34-36-38-45(48)52-42-44(43-54-56(50,51)53-41-40-47(3,4)5)55-46(49)39-37-35-33-31-29-27-24-21-19-17-15-13-11-9-7-2/h20-22,24,44H,6-19,23,25-43H2,1-5H3/b22-20-,24-21-/t44-/m1/s1. The Hall–Kier alpha value is -1.51. The summed E-state index contributed by atoms with van der Waals surface area (Å²) in [5, 5.41) is 0. The number of likely N-dealkylation sites (N-methyl/N-ethyl adjacent to an activating group) is 1. The summed E-state index contributed by atoms with van der Waals surface area (Å²) in [7, 11) is 1.16. The number of carbonyl (C=O) groups is 2. The zero-order valence-electron chi connectivity index (χ0n) is 37.1. The third-order valence-electron chi connectivity index (χ3n) is 9.94. The second kappa shape index (κ2) is 39.0. The minimum absolute atomic E-state index is 0.0318. The molecular formula is C46H88NO8P. The van der Waals surface area contributed by atoms with E-state index < -0.39 is 26.5 Å². The summed E-state index contributed by atoms with van der Waals surface area (Å²) < 4.78 is 33.9. The summed E-state index contributed by atoms with van der Waals surface area (Å²) in [4.78, 5) is 37.6. The van der Waals surface area contributed by atoms with Crippen molar-refractivity contribution in [1.29, 1.82) is 0 Å². The zero-order valence-corrected chi connectivity index (χ0v) is 38.0. The molecule has 0 saturated heterocycles. The molecule has 0 aromatic rings. The molecule has 0 aliphatic rings. The molecule has 56 heavy (non-hydrogen) atoms. The van der Waals surface area contributed by atoms with Crippen LogP contribution in [0.2, 0.25) is 0 Å². The topological polar surface area (TPSA) is 111 Å². The molecule has 0 amide bonds. The number of phosphoric ester groups is 1. The molecule has 0 N–H and O–H groups in total. The number of esters is 2. The highest BCUT2D eigenvalue weighted by atomic mass is 31.2. The molecule has 0 rings (SSSR count). The first-order valence-electron chi connectivity index (χ1n) is 23.0. The van der Waals surface area contributed by atoms with Gasteiger partial charge in [-0.3, -0.25) is 14.2 Å². The number of allylic oxidation sites excluding steroid dienone is 4. The van der Waals surface area contributed by atoms with Crippen LogP contribution in [0.25, 0.3) is 0 Å².